The van der Waals surface area contributed by atoms with Gasteiger partial charge < -0.3 is 14.5 Å². The van der Waals surface area contributed by atoms with E-state index in [9.17, 15) is 4.79 Å². The molecule has 0 unspecified atom stereocenters. The first-order valence-electron chi connectivity index (χ1n) is 11.4. The molecule has 0 atom stereocenters. The minimum Gasteiger partial charge on any atom is -0.462 e. The Labute approximate surface area is 194 Å². The van der Waals surface area contributed by atoms with Crippen LogP contribution in [-0.2, 0) is 11.3 Å². The predicted molar refractivity (Wildman–Crippen MR) is 133 cm³/mol. The van der Waals surface area contributed by atoms with Gasteiger partial charge >= 0.3 is 5.97 Å². The van der Waals surface area contributed by atoms with Gasteiger partial charge in [-0.05, 0) is 81.3 Å². The summed E-state index contributed by atoms with van der Waals surface area (Å²) in [4.78, 5) is 17.5. The van der Waals surface area contributed by atoms with Gasteiger partial charge in [-0.3, -0.25) is 4.99 Å². The number of benzene rings is 3. The van der Waals surface area contributed by atoms with Crippen LogP contribution >= 0.6 is 0 Å². The first kappa shape index (κ1) is 22.7. The molecule has 1 heterocycles. The fraction of sp³-hybridized carbons (Fsp3) is 0.286. The quantitative estimate of drug-likeness (QED) is 0.310. The predicted octanol–water partition coefficient (Wildman–Crippen LogP) is 5.64. The van der Waals surface area contributed by atoms with Crippen LogP contribution in [0.5, 0.6) is 0 Å². The maximum atomic E-state index is 12.9. The largest absolute Gasteiger partial charge is 0.462 e. The average Bonchev–Trinajstić information content (AvgIpc) is 2.80. The van der Waals surface area contributed by atoms with E-state index in [1.54, 1.807) is 0 Å². The number of nitrogens with zero attached hydrogens (tertiary/aromatic N) is 1. The van der Waals surface area contributed by atoms with Crippen LogP contribution < -0.4 is 10.7 Å². The summed E-state index contributed by atoms with van der Waals surface area (Å²) in [5, 5.41) is 5.11. The SMILES string of the molecule is CCN=c1cc2oc3cc(CNC)c(C)cc3c(-c3ccccc3C(=O)OCC)c-2cc1C. The Morgan fingerprint density at radius 1 is 1.03 bits per heavy atom. The molecule has 2 aliphatic rings. The van der Waals surface area contributed by atoms with Crippen molar-refractivity contribution in [2.24, 2.45) is 4.99 Å². The fourth-order valence-electron chi connectivity index (χ4n) is 4.33. The van der Waals surface area contributed by atoms with Crippen LogP contribution in [0.3, 0.4) is 0 Å². The van der Waals surface area contributed by atoms with Crippen LogP contribution in [0.4, 0.5) is 0 Å². The summed E-state index contributed by atoms with van der Waals surface area (Å²) in [6.07, 6.45) is 0. The molecule has 0 bridgehead atoms. The highest BCUT2D eigenvalue weighted by molar-refractivity contribution is 6.08. The van der Waals surface area contributed by atoms with Crippen molar-refractivity contribution in [2.75, 3.05) is 20.2 Å². The summed E-state index contributed by atoms with van der Waals surface area (Å²) in [7, 11) is 1.93. The lowest BCUT2D eigenvalue weighted by molar-refractivity contribution is 0.0527. The van der Waals surface area contributed by atoms with Crippen molar-refractivity contribution < 1.29 is 13.9 Å². The van der Waals surface area contributed by atoms with Crippen LogP contribution in [0, 0.1) is 13.8 Å². The van der Waals surface area contributed by atoms with E-state index < -0.39 is 0 Å². The highest BCUT2D eigenvalue weighted by Gasteiger charge is 2.23. The maximum absolute atomic E-state index is 12.9. The first-order valence-corrected chi connectivity index (χ1v) is 11.4. The second-order valence-corrected chi connectivity index (χ2v) is 8.16. The highest BCUT2D eigenvalue weighted by atomic mass is 16.5. The molecule has 2 aromatic carbocycles. The number of ether oxygens (including phenoxy) is 1. The second-order valence-electron chi connectivity index (χ2n) is 8.16. The van der Waals surface area contributed by atoms with Crippen molar-refractivity contribution >= 4 is 16.9 Å². The van der Waals surface area contributed by atoms with Crippen molar-refractivity contribution in [2.45, 2.75) is 34.2 Å². The van der Waals surface area contributed by atoms with E-state index in [1.807, 2.05) is 51.2 Å². The van der Waals surface area contributed by atoms with Crippen molar-refractivity contribution in [1.29, 1.82) is 0 Å². The van der Waals surface area contributed by atoms with Crippen LogP contribution in [-0.4, -0.2) is 26.2 Å². The topological polar surface area (TPSA) is 63.8 Å². The number of esters is 1. The number of nitrogens with one attached hydrogen (secondary N) is 1. The molecule has 0 amide bonds. The number of aryl methyl sites for hydroxylation is 2. The van der Waals surface area contributed by atoms with E-state index in [1.165, 1.54) is 5.56 Å². The van der Waals surface area contributed by atoms with Gasteiger partial charge in [0.2, 0.25) is 0 Å². The van der Waals surface area contributed by atoms with Gasteiger partial charge in [-0.1, -0.05) is 18.2 Å². The molecule has 33 heavy (non-hydrogen) atoms. The molecule has 5 heteroatoms. The molecule has 0 fully saturated rings. The number of hydrogen-bond acceptors (Lipinski definition) is 5. The molecule has 1 aliphatic carbocycles. The lowest BCUT2D eigenvalue weighted by Gasteiger charge is -2.19. The van der Waals surface area contributed by atoms with Gasteiger partial charge in [0.05, 0.1) is 17.5 Å². The zero-order chi connectivity index (χ0) is 23.5. The van der Waals surface area contributed by atoms with E-state index in [-0.39, 0.29) is 5.97 Å². The van der Waals surface area contributed by atoms with Gasteiger partial charge in [0.25, 0.3) is 0 Å². The molecule has 0 radical (unpaired) electrons. The maximum Gasteiger partial charge on any atom is 0.338 e. The van der Waals surface area contributed by atoms with E-state index in [0.29, 0.717) is 18.7 Å². The first-order chi connectivity index (χ1) is 16.0. The average molecular weight is 443 g/mol. The zero-order valence-corrected chi connectivity index (χ0v) is 19.9. The molecule has 0 spiro atoms. The summed E-state index contributed by atoms with van der Waals surface area (Å²) in [5.41, 5.74) is 7.48. The molecular weight excluding hydrogens is 412 g/mol. The van der Waals surface area contributed by atoms with Crippen LogP contribution in [0.1, 0.15) is 40.9 Å². The van der Waals surface area contributed by atoms with Gasteiger partial charge in [0.1, 0.15) is 11.3 Å². The van der Waals surface area contributed by atoms with Gasteiger partial charge in [0, 0.05) is 35.7 Å². The Kier molecular flexibility index (Phi) is 6.61. The lowest BCUT2D eigenvalue weighted by Crippen LogP contribution is -2.10. The summed E-state index contributed by atoms with van der Waals surface area (Å²) in [6.45, 7) is 9.77. The third-order valence-electron chi connectivity index (χ3n) is 5.88. The van der Waals surface area contributed by atoms with Crippen LogP contribution in [0.25, 0.3) is 33.4 Å². The Morgan fingerprint density at radius 2 is 1.82 bits per heavy atom. The second kappa shape index (κ2) is 9.59. The Bertz CT molecular complexity index is 1370. The Morgan fingerprint density at radius 3 is 2.55 bits per heavy atom. The standard InChI is InChI=1S/C28H30N2O3/c1-6-30-24-15-26-23(13-18(24)4)27(20-10-8-9-11-21(20)28(31)32-7-2)22-12-17(3)19(16-29-5)14-25(22)33-26/h8-15,29H,6-7,16H2,1-5H3. The number of fused-ring (bicyclic) bond motifs is 2. The van der Waals surface area contributed by atoms with E-state index in [4.69, 9.17) is 9.15 Å². The molecule has 0 saturated heterocycles. The molecule has 5 nitrogen and oxygen atoms in total. The summed E-state index contributed by atoms with van der Waals surface area (Å²) in [5.74, 6) is 0.418. The summed E-state index contributed by atoms with van der Waals surface area (Å²) < 4.78 is 11.8. The summed E-state index contributed by atoms with van der Waals surface area (Å²) >= 11 is 0. The van der Waals surface area contributed by atoms with Crippen molar-refractivity contribution in [1.82, 2.24) is 5.32 Å². The third kappa shape index (κ3) is 4.29. The minimum absolute atomic E-state index is 0.326. The monoisotopic (exact) mass is 442 g/mol. The molecule has 0 aromatic heterocycles. The van der Waals surface area contributed by atoms with Crippen LogP contribution in [0.2, 0.25) is 0 Å². The molecule has 170 valence electrons. The molecular formula is C28H30N2O3. The van der Waals surface area contributed by atoms with Gasteiger partial charge in [-0.15, -0.1) is 0 Å². The minimum atomic E-state index is -0.326. The summed E-state index contributed by atoms with van der Waals surface area (Å²) in [6, 6.07) is 16.0. The molecule has 2 aromatic rings. The van der Waals surface area contributed by atoms with Crippen molar-refractivity contribution in [3.8, 4) is 22.5 Å². The van der Waals surface area contributed by atoms with E-state index in [2.05, 4.69) is 42.4 Å². The number of carbonyl (C=O) groups excluding carboxylic acids is 1. The van der Waals surface area contributed by atoms with Gasteiger partial charge in [-0.25, -0.2) is 4.79 Å². The molecule has 0 saturated carbocycles. The van der Waals surface area contributed by atoms with Crippen molar-refractivity contribution in [3.05, 3.63) is 76.1 Å². The number of rotatable bonds is 6. The number of carbonyl (C=O) groups is 1. The van der Waals surface area contributed by atoms with Crippen molar-refractivity contribution in [3.63, 3.8) is 0 Å². The number of hydrogen-bond donors (Lipinski definition) is 1. The lowest BCUT2D eigenvalue weighted by atomic mass is 9.89. The molecule has 1 aliphatic heterocycles. The fourth-order valence-corrected chi connectivity index (χ4v) is 4.33. The molecule has 1 N–H and O–H groups in total. The van der Waals surface area contributed by atoms with Crippen LogP contribution in [0.15, 0.2) is 57.9 Å². The zero-order valence-electron chi connectivity index (χ0n) is 19.9. The normalized spacial score (nSPS) is 12.0. The van der Waals surface area contributed by atoms with Gasteiger partial charge in [-0.2, -0.15) is 0 Å². The van der Waals surface area contributed by atoms with Gasteiger partial charge in [0.15, 0.2) is 0 Å². The third-order valence-corrected chi connectivity index (χ3v) is 5.88. The highest BCUT2D eigenvalue weighted by Crippen LogP contribution is 2.42. The van der Waals surface area contributed by atoms with E-state index in [0.717, 1.165) is 56.4 Å². The smallest absolute Gasteiger partial charge is 0.338 e. The van der Waals surface area contributed by atoms with E-state index >= 15 is 0 Å². The molecule has 4 rings (SSSR count). The Balaban J connectivity index is 2.15. The Hall–Kier alpha value is -3.44.